The molecule has 0 aromatic heterocycles. The van der Waals surface area contributed by atoms with Gasteiger partial charge in [-0.3, -0.25) is 19.3 Å². The zero-order valence-electron chi connectivity index (χ0n) is 10.7. The molecule has 2 rings (SSSR count). The molecule has 0 bridgehead atoms. The zero-order valence-corrected chi connectivity index (χ0v) is 11.5. The number of amides is 1. The van der Waals surface area contributed by atoms with E-state index < -0.39 is 6.04 Å². The molecule has 19 heavy (non-hydrogen) atoms. The smallest absolute Gasteiger partial charge is 0.238 e. The molecule has 0 saturated carbocycles. The van der Waals surface area contributed by atoms with Gasteiger partial charge in [-0.2, -0.15) is 0 Å². The number of thioether (sulfide) groups is 1. The van der Waals surface area contributed by atoms with E-state index in [1.807, 2.05) is 18.2 Å². The van der Waals surface area contributed by atoms with Crippen LogP contribution in [0.15, 0.2) is 23.9 Å². The Morgan fingerprint density at radius 3 is 2.84 bits per heavy atom. The minimum Gasteiger partial charge on any atom is -0.325 e. The van der Waals surface area contributed by atoms with E-state index in [1.165, 1.54) is 4.90 Å². The summed E-state index contributed by atoms with van der Waals surface area (Å²) in [6.07, 6.45) is 7.72. The van der Waals surface area contributed by atoms with Crippen molar-refractivity contribution in [2.24, 2.45) is 0 Å². The van der Waals surface area contributed by atoms with E-state index in [9.17, 15) is 14.4 Å². The number of nitrogens with zero attached hydrogens (tertiary/aromatic N) is 1. The van der Waals surface area contributed by atoms with Gasteiger partial charge in [0.1, 0.15) is 6.04 Å². The maximum absolute atomic E-state index is 11.8. The van der Waals surface area contributed by atoms with Crippen LogP contribution in [0.25, 0.3) is 0 Å². The van der Waals surface area contributed by atoms with Crippen LogP contribution in [0.4, 0.5) is 0 Å². The predicted octanol–water partition coefficient (Wildman–Crippen LogP) is 0.479. The second-order valence-corrected chi connectivity index (χ2v) is 5.56. The van der Waals surface area contributed by atoms with Crippen LogP contribution in [-0.2, 0) is 14.4 Å². The molecule has 1 heterocycles. The number of likely N-dealkylation sites (N-methyl/N-ethyl adjacent to an activating group) is 1. The van der Waals surface area contributed by atoms with E-state index in [-0.39, 0.29) is 29.1 Å². The molecule has 1 atom stereocenters. The SMILES string of the molecule is CN(CC(=O)NC1=CCCC=C1)C1C(=O)CSC1=O. The quantitative estimate of drug-likeness (QED) is 0.759. The molecule has 1 amide bonds. The van der Waals surface area contributed by atoms with Gasteiger partial charge >= 0.3 is 0 Å². The van der Waals surface area contributed by atoms with Crippen LogP contribution in [0.3, 0.4) is 0 Å². The molecule has 0 spiro atoms. The van der Waals surface area contributed by atoms with Crippen molar-refractivity contribution in [3.63, 3.8) is 0 Å². The highest BCUT2D eigenvalue weighted by atomic mass is 32.2. The molecular formula is C13H16N2O3S. The number of Topliss-reactive ketones (excluding diaryl/α,β-unsaturated/α-hetero) is 1. The largest absolute Gasteiger partial charge is 0.325 e. The molecular weight excluding hydrogens is 264 g/mol. The molecule has 0 aromatic carbocycles. The van der Waals surface area contributed by atoms with Gasteiger partial charge in [0.25, 0.3) is 0 Å². The van der Waals surface area contributed by atoms with Gasteiger partial charge in [0.2, 0.25) is 11.0 Å². The third-order valence-corrected chi connectivity index (χ3v) is 3.93. The topological polar surface area (TPSA) is 66.5 Å². The first-order chi connectivity index (χ1) is 9.08. The molecule has 1 fully saturated rings. The van der Waals surface area contributed by atoms with Crippen LogP contribution in [0.1, 0.15) is 12.8 Å². The molecule has 0 aromatic rings. The summed E-state index contributed by atoms with van der Waals surface area (Å²) in [7, 11) is 1.62. The first kappa shape index (κ1) is 14.0. The summed E-state index contributed by atoms with van der Waals surface area (Å²) in [6, 6.07) is -0.772. The summed E-state index contributed by atoms with van der Waals surface area (Å²) in [6.45, 7) is 0.0356. The van der Waals surface area contributed by atoms with Gasteiger partial charge in [-0.05, 0) is 26.0 Å². The van der Waals surface area contributed by atoms with E-state index >= 15 is 0 Å². The van der Waals surface area contributed by atoms with Gasteiger partial charge < -0.3 is 5.32 Å². The fourth-order valence-electron chi connectivity index (χ4n) is 2.08. The third-order valence-electron chi connectivity index (χ3n) is 3.00. The number of hydrogen-bond acceptors (Lipinski definition) is 5. The van der Waals surface area contributed by atoms with Crippen LogP contribution in [0.5, 0.6) is 0 Å². The third kappa shape index (κ3) is 3.54. The first-order valence-corrected chi connectivity index (χ1v) is 7.12. The Kier molecular flexibility index (Phi) is 4.55. The van der Waals surface area contributed by atoms with Crippen molar-refractivity contribution in [2.75, 3.05) is 19.3 Å². The van der Waals surface area contributed by atoms with Gasteiger partial charge in [-0.1, -0.05) is 23.9 Å². The number of carbonyl (C=O) groups excluding carboxylic acids is 3. The summed E-state index contributed by atoms with van der Waals surface area (Å²) in [4.78, 5) is 36.4. The Morgan fingerprint density at radius 1 is 1.47 bits per heavy atom. The van der Waals surface area contributed by atoms with Crippen molar-refractivity contribution in [2.45, 2.75) is 18.9 Å². The van der Waals surface area contributed by atoms with Crippen molar-refractivity contribution in [1.29, 1.82) is 0 Å². The molecule has 6 heteroatoms. The van der Waals surface area contributed by atoms with Gasteiger partial charge in [-0.15, -0.1) is 0 Å². The Labute approximate surface area is 116 Å². The molecule has 5 nitrogen and oxygen atoms in total. The van der Waals surface area contributed by atoms with E-state index in [0.717, 1.165) is 30.3 Å². The van der Waals surface area contributed by atoms with Gasteiger partial charge in [0.15, 0.2) is 5.78 Å². The van der Waals surface area contributed by atoms with Crippen LogP contribution >= 0.6 is 11.8 Å². The lowest BCUT2D eigenvalue weighted by molar-refractivity contribution is -0.128. The lowest BCUT2D eigenvalue weighted by atomic mass is 10.1. The Morgan fingerprint density at radius 2 is 2.26 bits per heavy atom. The molecule has 1 unspecified atom stereocenters. The summed E-state index contributed by atoms with van der Waals surface area (Å²) in [5, 5.41) is 2.60. The number of rotatable bonds is 4. The van der Waals surface area contributed by atoms with Crippen LogP contribution in [0, 0.1) is 0 Å². The van der Waals surface area contributed by atoms with Crippen LogP contribution in [0.2, 0.25) is 0 Å². The fourth-order valence-corrected chi connectivity index (χ4v) is 2.99. The van der Waals surface area contributed by atoms with Gasteiger partial charge in [0, 0.05) is 5.70 Å². The van der Waals surface area contributed by atoms with Crippen molar-refractivity contribution in [1.82, 2.24) is 10.2 Å². The number of carbonyl (C=O) groups is 3. The average Bonchev–Trinajstić information content (AvgIpc) is 2.70. The molecule has 102 valence electrons. The molecule has 2 aliphatic rings. The van der Waals surface area contributed by atoms with Gasteiger partial charge in [-0.25, -0.2) is 0 Å². The van der Waals surface area contributed by atoms with Crippen molar-refractivity contribution in [3.05, 3.63) is 23.9 Å². The zero-order chi connectivity index (χ0) is 13.8. The van der Waals surface area contributed by atoms with Crippen molar-refractivity contribution in [3.8, 4) is 0 Å². The van der Waals surface area contributed by atoms with E-state index in [2.05, 4.69) is 5.32 Å². The normalized spacial score (nSPS) is 22.8. The summed E-state index contributed by atoms with van der Waals surface area (Å²) >= 11 is 1.02. The second kappa shape index (κ2) is 6.16. The maximum atomic E-state index is 11.8. The first-order valence-electron chi connectivity index (χ1n) is 6.14. The fraction of sp³-hybridized carbons (Fsp3) is 0.462. The lowest BCUT2D eigenvalue weighted by Crippen LogP contribution is -2.45. The highest BCUT2D eigenvalue weighted by Crippen LogP contribution is 2.20. The standard InChI is InChI=1S/C13H16N2O3S/c1-15(12-10(16)8-19-13(12)18)7-11(17)14-9-5-3-2-4-6-9/h3,5-6,12H,2,4,7-8H2,1H3,(H,14,17). The summed E-state index contributed by atoms with van der Waals surface area (Å²) in [5.74, 6) is -0.122. The van der Waals surface area contributed by atoms with Crippen LogP contribution < -0.4 is 5.32 Å². The molecule has 1 saturated heterocycles. The highest BCUT2D eigenvalue weighted by molar-refractivity contribution is 8.15. The average molecular weight is 280 g/mol. The van der Waals surface area contributed by atoms with E-state index in [1.54, 1.807) is 7.05 Å². The number of allylic oxidation sites excluding steroid dienone is 3. The Balaban J connectivity index is 1.88. The second-order valence-electron chi connectivity index (χ2n) is 4.58. The number of nitrogens with one attached hydrogen (secondary N) is 1. The summed E-state index contributed by atoms with van der Waals surface area (Å²) in [5.41, 5.74) is 0.781. The highest BCUT2D eigenvalue weighted by Gasteiger charge is 2.37. The molecule has 1 aliphatic heterocycles. The van der Waals surface area contributed by atoms with E-state index in [0.29, 0.717) is 0 Å². The minimum absolute atomic E-state index is 0.0356. The lowest BCUT2D eigenvalue weighted by Gasteiger charge is -2.20. The van der Waals surface area contributed by atoms with E-state index in [4.69, 9.17) is 0 Å². The molecule has 1 N–H and O–H groups in total. The Hall–Kier alpha value is -1.40. The van der Waals surface area contributed by atoms with Crippen LogP contribution in [-0.4, -0.2) is 47.1 Å². The Bertz CT molecular complexity index is 455. The van der Waals surface area contributed by atoms with Crippen molar-refractivity contribution < 1.29 is 14.4 Å². The van der Waals surface area contributed by atoms with Crippen molar-refractivity contribution >= 4 is 28.6 Å². The number of ketones is 1. The maximum Gasteiger partial charge on any atom is 0.238 e. The molecule has 0 radical (unpaired) electrons. The predicted molar refractivity (Wildman–Crippen MR) is 73.5 cm³/mol. The summed E-state index contributed by atoms with van der Waals surface area (Å²) < 4.78 is 0. The number of hydrogen-bond donors (Lipinski definition) is 1. The van der Waals surface area contributed by atoms with Gasteiger partial charge in [0.05, 0.1) is 12.3 Å². The molecule has 1 aliphatic carbocycles. The monoisotopic (exact) mass is 280 g/mol. The minimum atomic E-state index is -0.772.